The smallest absolute Gasteiger partial charge is 0.119 e. The van der Waals surface area contributed by atoms with Gasteiger partial charge in [0.1, 0.15) is 11.5 Å². The summed E-state index contributed by atoms with van der Waals surface area (Å²) in [5.41, 5.74) is 0.924. The zero-order valence-corrected chi connectivity index (χ0v) is 10.8. The summed E-state index contributed by atoms with van der Waals surface area (Å²) in [6, 6.07) is 4.89. The lowest BCUT2D eigenvalue weighted by Gasteiger charge is -2.17. The molecule has 1 saturated heterocycles. The molecule has 1 aliphatic heterocycles. The van der Waals surface area contributed by atoms with Crippen molar-refractivity contribution < 1.29 is 10.2 Å². The molecule has 17 heavy (non-hydrogen) atoms. The molecule has 1 aromatic carbocycles. The standard InChI is InChI=1S/C13H19NO2S/c1-9(14-7-10-2-3-17-8-10)11-4-12(15)6-13(16)5-11/h4-6,9-10,14-16H,2-3,7-8H2,1H3. The van der Waals surface area contributed by atoms with Crippen molar-refractivity contribution in [1.82, 2.24) is 5.32 Å². The van der Waals surface area contributed by atoms with Crippen LogP contribution in [0.15, 0.2) is 18.2 Å². The Morgan fingerprint density at radius 1 is 1.35 bits per heavy atom. The van der Waals surface area contributed by atoms with E-state index in [0.29, 0.717) is 0 Å². The van der Waals surface area contributed by atoms with Crippen LogP contribution in [0.2, 0.25) is 0 Å². The van der Waals surface area contributed by atoms with Gasteiger partial charge in [-0.25, -0.2) is 0 Å². The molecule has 0 radical (unpaired) electrons. The molecule has 4 heteroatoms. The monoisotopic (exact) mass is 253 g/mol. The molecule has 0 amide bonds. The van der Waals surface area contributed by atoms with Crippen LogP contribution >= 0.6 is 11.8 Å². The van der Waals surface area contributed by atoms with Crippen molar-refractivity contribution in [2.24, 2.45) is 5.92 Å². The summed E-state index contributed by atoms with van der Waals surface area (Å²) in [6.07, 6.45) is 1.29. The number of hydrogen-bond acceptors (Lipinski definition) is 4. The number of benzene rings is 1. The summed E-state index contributed by atoms with van der Waals surface area (Å²) < 4.78 is 0. The zero-order chi connectivity index (χ0) is 12.3. The van der Waals surface area contributed by atoms with E-state index in [0.717, 1.165) is 18.0 Å². The zero-order valence-electron chi connectivity index (χ0n) is 10.0. The Labute approximate surface area is 106 Å². The van der Waals surface area contributed by atoms with Gasteiger partial charge in [0.05, 0.1) is 0 Å². The molecular formula is C13H19NO2S. The van der Waals surface area contributed by atoms with Gasteiger partial charge >= 0.3 is 0 Å². The Kier molecular flexibility index (Phi) is 4.18. The molecule has 0 aliphatic carbocycles. The maximum atomic E-state index is 9.43. The van der Waals surface area contributed by atoms with Crippen LogP contribution < -0.4 is 5.32 Å². The van der Waals surface area contributed by atoms with Crippen molar-refractivity contribution in [3.8, 4) is 11.5 Å². The molecule has 0 spiro atoms. The van der Waals surface area contributed by atoms with Crippen LogP contribution in [0.1, 0.15) is 24.9 Å². The molecule has 0 aromatic heterocycles. The van der Waals surface area contributed by atoms with Gasteiger partial charge in [-0.2, -0.15) is 11.8 Å². The largest absolute Gasteiger partial charge is 0.508 e. The third-order valence-corrected chi connectivity index (χ3v) is 4.39. The summed E-state index contributed by atoms with van der Waals surface area (Å²) in [4.78, 5) is 0. The minimum absolute atomic E-state index is 0.116. The minimum Gasteiger partial charge on any atom is -0.508 e. The quantitative estimate of drug-likeness (QED) is 0.771. The second-order valence-electron chi connectivity index (χ2n) is 4.64. The number of phenols is 2. The number of phenolic OH excluding ortho intramolecular Hbond substituents is 2. The summed E-state index contributed by atoms with van der Waals surface area (Å²) in [5, 5.41) is 22.3. The molecule has 1 aromatic rings. The number of aromatic hydroxyl groups is 2. The lowest BCUT2D eigenvalue weighted by Crippen LogP contribution is -2.25. The predicted molar refractivity (Wildman–Crippen MR) is 71.6 cm³/mol. The van der Waals surface area contributed by atoms with E-state index in [4.69, 9.17) is 0 Å². The predicted octanol–water partition coefficient (Wildman–Crippen LogP) is 2.50. The van der Waals surface area contributed by atoms with E-state index in [2.05, 4.69) is 12.2 Å². The molecule has 3 N–H and O–H groups in total. The fourth-order valence-electron chi connectivity index (χ4n) is 2.07. The first-order valence-electron chi connectivity index (χ1n) is 5.99. The Bertz CT molecular complexity index is 357. The van der Waals surface area contributed by atoms with E-state index < -0.39 is 0 Å². The average molecular weight is 253 g/mol. The SMILES string of the molecule is CC(NCC1CCSC1)c1cc(O)cc(O)c1. The Morgan fingerprint density at radius 3 is 2.65 bits per heavy atom. The number of thioether (sulfide) groups is 1. The first-order chi connectivity index (χ1) is 8.15. The number of hydrogen-bond donors (Lipinski definition) is 3. The van der Waals surface area contributed by atoms with Crippen molar-refractivity contribution in [1.29, 1.82) is 0 Å². The van der Waals surface area contributed by atoms with Crippen LogP contribution in [0.3, 0.4) is 0 Å². The highest BCUT2D eigenvalue weighted by Crippen LogP contribution is 2.26. The van der Waals surface area contributed by atoms with Crippen LogP contribution in [0, 0.1) is 5.92 Å². The highest BCUT2D eigenvalue weighted by Gasteiger charge is 2.16. The Balaban J connectivity index is 1.91. The van der Waals surface area contributed by atoms with Crippen LogP contribution in [-0.2, 0) is 0 Å². The second-order valence-corrected chi connectivity index (χ2v) is 5.79. The minimum atomic E-state index is 0.116. The highest BCUT2D eigenvalue weighted by molar-refractivity contribution is 7.99. The first kappa shape index (κ1) is 12.6. The summed E-state index contributed by atoms with van der Waals surface area (Å²) in [7, 11) is 0. The van der Waals surface area contributed by atoms with Crippen LogP contribution in [0.5, 0.6) is 11.5 Å². The van der Waals surface area contributed by atoms with Gasteiger partial charge in [-0.15, -0.1) is 0 Å². The number of rotatable bonds is 4. The van der Waals surface area contributed by atoms with E-state index >= 15 is 0 Å². The van der Waals surface area contributed by atoms with Crippen molar-refractivity contribution in [3.63, 3.8) is 0 Å². The molecule has 1 heterocycles. The van der Waals surface area contributed by atoms with Gasteiger partial charge in [0, 0.05) is 12.1 Å². The van der Waals surface area contributed by atoms with Gasteiger partial charge in [0.25, 0.3) is 0 Å². The van der Waals surface area contributed by atoms with E-state index in [9.17, 15) is 10.2 Å². The lowest BCUT2D eigenvalue weighted by atomic mass is 10.1. The van der Waals surface area contributed by atoms with Crippen molar-refractivity contribution in [3.05, 3.63) is 23.8 Å². The fraction of sp³-hybridized carbons (Fsp3) is 0.538. The summed E-state index contributed by atoms with van der Waals surface area (Å²) in [5.74, 6) is 3.50. The molecular weight excluding hydrogens is 234 g/mol. The van der Waals surface area contributed by atoms with Crippen LogP contribution in [0.25, 0.3) is 0 Å². The molecule has 94 valence electrons. The third kappa shape index (κ3) is 3.54. The highest BCUT2D eigenvalue weighted by atomic mass is 32.2. The van der Waals surface area contributed by atoms with E-state index in [1.807, 2.05) is 11.8 Å². The Morgan fingerprint density at radius 2 is 2.06 bits per heavy atom. The van der Waals surface area contributed by atoms with Gasteiger partial charge in [0.2, 0.25) is 0 Å². The molecule has 2 atom stereocenters. The van der Waals surface area contributed by atoms with Gasteiger partial charge in [-0.1, -0.05) is 0 Å². The summed E-state index contributed by atoms with van der Waals surface area (Å²) >= 11 is 2.01. The molecule has 1 fully saturated rings. The molecule has 3 nitrogen and oxygen atoms in total. The van der Waals surface area contributed by atoms with Gasteiger partial charge in [-0.3, -0.25) is 0 Å². The van der Waals surface area contributed by atoms with E-state index in [1.165, 1.54) is 24.0 Å². The maximum Gasteiger partial charge on any atom is 0.119 e. The molecule has 0 bridgehead atoms. The van der Waals surface area contributed by atoms with Crippen LogP contribution in [-0.4, -0.2) is 28.3 Å². The van der Waals surface area contributed by atoms with Gasteiger partial charge < -0.3 is 15.5 Å². The molecule has 2 unspecified atom stereocenters. The molecule has 1 aliphatic rings. The van der Waals surface area contributed by atoms with Crippen molar-refractivity contribution in [2.75, 3.05) is 18.1 Å². The van der Waals surface area contributed by atoms with Crippen molar-refractivity contribution in [2.45, 2.75) is 19.4 Å². The van der Waals surface area contributed by atoms with Crippen molar-refractivity contribution >= 4 is 11.8 Å². The number of nitrogens with one attached hydrogen (secondary N) is 1. The lowest BCUT2D eigenvalue weighted by molar-refractivity contribution is 0.441. The maximum absolute atomic E-state index is 9.43. The molecule has 2 rings (SSSR count). The molecule has 0 saturated carbocycles. The normalized spacial score (nSPS) is 21.6. The van der Waals surface area contributed by atoms with E-state index in [-0.39, 0.29) is 17.5 Å². The summed E-state index contributed by atoms with van der Waals surface area (Å²) in [6.45, 7) is 3.06. The first-order valence-corrected chi connectivity index (χ1v) is 7.14. The Hall–Kier alpha value is -0.870. The van der Waals surface area contributed by atoms with E-state index in [1.54, 1.807) is 12.1 Å². The second kappa shape index (κ2) is 5.65. The topological polar surface area (TPSA) is 52.5 Å². The van der Waals surface area contributed by atoms with Crippen LogP contribution in [0.4, 0.5) is 0 Å². The van der Waals surface area contributed by atoms with Gasteiger partial charge in [0.15, 0.2) is 0 Å². The fourth-order valence-corrected chi connectivity index (χ4v) is 3.36. The third-order valence-electron chi connectivity index (χ3n) is 3.16. The average Bonchev–Trinajstić information content (AvgIpc) is 2.77. The van der Waals surface area contributed by atoms with Gasteiger partial charge in [-0.05, 0) is 55.0 Å².